The highest BCUT2D eigenvalue weighted by Crippen LogP contribution is 2.18. The standard InChI is InChI=1S/C11H13N5O2S2/c1-7(11-13-6-14-15-11)16-20(17,18)9-5-3-2-4-8(9)10(12)19/h2-7,16H,1H3,(H2,12,19)(H,13,14,15). The Hall–Kier alpha value is -1.84. The molecule has 2 aromatic rings. The van der Waals surface area contributed by atoms with Crippen LogP contribution in [0.3, 0.4) is 0 Å². The van der Waals surface area contributed by atoms with Crippen molar-refractivity contribution in [3.05, 3.63) is 42.0 Å². The summed E-state index contributed by atoms with van der Waals surface area (Å²) >= 11 is 4.87. The van der Waals surface area contributed by atoms with Crippen LogP contribution < -0.4 is 10.5 Å². The van der Waals surface area contributed by atoms with Crippen molar-refractivity contribution in [3.63, 3.8) is 0 Å². The highest BCUT2D eigenvalue weighted by Gasteiger charge is 2.23. The molecule has 0 aliphatic rings. The number of nitrogens with zero attached hydrogens (tertiary/aromatic N) is 2. The van der Waals surface area contributed by atoms with Gasteiger partial charge in [-0.15, -0.1) is 0 Å². The molecular weight excluding hydrogens is 298 g/mol. The lowest BCUT2D eigenvalue weighted by Crippen LogP contribution is -2.29. The first-order chi connectivity index (χ1) is 9.42. The zero-order valence-corrected chi connectivity index (χ0v) is 12.2. The van der Waals surface area contributed by atoms with Crippen molar-refractivity contribution < 1.29 is 8.42 Å². The molecular formula is C11H13N5O2S2. The van der Waals surface area contributed by atoms with Crippen LogP contribution in [0.5, 0.6) is 0 Å². The average Bonchev–Trinajstić information content (AvgIpc) is 2.92. The third-order valence-electron chi connectivity index (χ3n) is 2.62. The van der Waals surface area contributed by atoms with E-state index in [9.17, 15) is 8.42 Å². The maximum Gasteiger partial charge on any atom is 0.241 e. The van der Waals surface area contributed by atoms with E-state index >= 15 is 0 Å². The summed E-state index contributed by atoms with van der Waals surface area (Å²) < 4.78 is 27.2. The molecule has 7 nitrogen and oxygen atoms in total. The van der Waals surface area contributed by atoms with Gasteiger partial charge in [-0.1, -0.05) is 30.4 Å². The second-order valence-electron chi connectivity index (χ2n) is 4.07. The molecule has 1 heterocycles. The van der Waals surface area contributed by atoms with E-state index in [0.29, 0.717) is 11.4 Å². The SMILES string of the molecule is CC(NS(=O)(=O)c1ccccc1C(N)=S)c1ncn[nH]1. The number of sulfonamides is 1. The quantitative estimate of drug-likeness (QED) is 0.692. The number of H-pyrrole nitrogens is 1. The second kappa shape index (κ2) is 5.65. The van der Waals surface area contributed by atoms with Crippen LogP contribution in [0.25, 0.3) is 0 Å². The smallest absolute Gasteiger partial charge is 0.241 e. The van der Waals surface area contributed by atoms with Crippen molar-refractivity contribution in [1.82, 2.24) is 19.9 Å². The van der Waals surface area contributed by atoms with Gasteiger partial charge in [-0.05, 0) is 13.0 Å². The van der Waals surface area contributed by atoms with Gasteiger partial charge in [-0.25, -0.2) is 18.1 Å². The summed E-state index contributed by atoms with van der Waals surface area (Å²) in [6.07, 6.45) is 1.31. The van der Waals surface area contributed by atoms with Gasteiger partial charge in [-0.3, -0.25) is 5.10 Å². The summed E-state index contributed by atoms with van der Waals surface area (Å²) in [5.41, 5.74) is 5.85. The fourth-order valence-electron chi connectivity index (χ4n) is 1.68. The minimum atomic E-state index is -3.77. The average molecular weight is 311 g/mol. The summed E-state index contributed by atoms with van der Waals surface area (Å²) in [4.78, 5) is 3.97. The predicted octanol–water partition coefficient (Wildman–Crippen LogP) is 0.478. The first kappa shape index (κ1) is 14.6. The van der Waals surface area contributed by atoms with Crippen molar-refractivity contribution in [1.29, 1.82) is 0 Å². The van der Waals surface area contributed by atoms with Gasteiger partial charge in [-0.2, -0.15) is 5.10 Å². The molecule has 106 valence electrons. The number of benzene rings is 1. The molecule has 0 radical (unpaired) electrons. The number of thiocarbonyl (C=S) groups is 1. The fraction of sp³-hybridized carbons (Fsp3) is 0.182. The Labute approximate surface area is 121 Å². The summed E-state index contributed by atoms with van der Waals surface area (Å²) in [6, 6.07) is 5.74. The molecule has 0 bridgehead atoms. The topological polar surface area (TPSA) is 114 Å². The first-order valence-corrected chi connectivity index (χ1v) is 7.57. The number of hydrogen-bond acceptors (Lipinski definition) is 5. The van der Waals surface area contributed by atoms with Crippen molar-refractivity contribution in [3.8, 4) is 0 Å². The maximum atomic E-state index is 12.4. The highest BCUT2D eigenvalue weighted by molar-refractivity contribution is 7.89. The lowest BCUT2D eigenvalue weighted by Gasteiger charge is -2.14. The zero-order valence-electron chi connectivity index (χ0n) is 10.6. The van der Waals surface area contributed by atoms with Crippen LogP contribution in [-0.4, -0.2) is 28.6 Å². The number of nitrogens with one attached hydrogen (secondary N) is 2. The van der Waals surface area contributed by atoms with Crippen LogP contribution >= 0.6 is 12.2 Å². The zero-order chi connectivity index (χ0) is 14.8. The van der Waals surface area contributed by atoms with Gasteiger partial charge in [0.1, 0.15) is 17.1 Å². The van der Waals surface area contributed by atoms with E-state index < -0.39 is 16.1 Å². The molecule has 4 N–H and O–H groups in total. The third-order valence-corrected chi connectivity index (χ3v) is 4.44. The number of aromatic amines is 1. The van der Waals surface area contributed by atoms with Gasteiger partial charge in [0.25, 0.3) is 0 Å². The molecule has 0 fully saturated rings. The molecule has 1 aromatic heterocycles. The Morgan fingerprint density at radius 3 is 2.75 bits per heavy atom. The lowest BCUT2D eigenvalue weighted by molar-refractivity contribution is 0.560. The van der Waals surface area contributed by atoms with Gasteiger partial charge >= 0.3 is 0 Å². The summed E-state index contributed by atoms with van der Waals surface area (Å²) in [5, 5.41) is 6.29. The van der Waals surface area contributed by atoms with Gasteiger partial charge in [0.15, 0.2) is 0 Å². The van der Waals surface area contributed by atoms with Crippen LogP contribution in [0.4, 0.5) is 0 Å². The number of rotatable bonds is 5. The molecule has 0 aliphatic carbocycles. The highest BCUT2D eigenvalue weighted by atomic mass is 32.2. The predicted molar refractivity (Wildman–Crippen MR) is 77.4 cm³/mol. The van der Waals surface area contributed by atoms with E-state index in [2.05, 4.69) is 19.9 Å². The van der Waals surface area contributed by atoms with E-state index in [1.54, 1.807) is 25.1 Å². The summed E-state index contributed by atoms with van der Waals surface area (Å²) in [6.45, 7) is 1.65. The fourth-order valence-corrected chi connectivity index (χ4v) is 3.35. The Balaban J connectivity index is 2.34. The molecule has 0 spiro atoms. The molecule has 1 unspecified atom stereocenters. The van der Waals surface area contributed by atoms with Gasteiger partial charge in [0, 0.05) is 5.56 Å². The minimum absolute atomic E-state index is 0.0262. The van der Waals surface area contributed by atoms with Crippen molar-refractivity contribution >= 4 is 27.2 Å². The molecule has 1 atom stereocenters. The Bertz CT molecular complexity index is 712. The molecule has 0 saturated heterocycles. The minimum Gasteiger partial charge on any atom is -0.389 e. The van der Waals surface area contributed by atoms with Crippen LogP contribution in [0.2, 0.25) is 0 Å². The maximum absolute atomic E-state index is 12.4. The number of hydrogen-bond donors (Lipinski definition) is 3. The lowest BCUT2D eigenvalue weighted by atomic mass is 10.2. The third kappa shape index (κ3) is 3.00. The van der Waals surface area contributed by atoms with Gasteiger partial charge < -0.3 is 5.73 Å². The number of aromatic nitrogens is 3. The van der Waals surface area contributed by atoms with E-state index in [-0.39, 0.29) is 9.88 Å². The largest absolute Gasteiger partial charge is 0.389 e. The van der Waals surface area contributed by atoms with Crippen molar-refractivity contribution in [2.24, 2.45) is 5.73 Å². The van der Waals surface area contributed by atoms with Crippen LogP contribution in [0.1, 0.15) is 24.4 Å². The molecule has 0 aliphatic heterocycles. The van der Waals surface area contributed by atoms with E-state index in [0.717, 1.165) is 0 Å². The molecule has 9 heteroatoms. The molecule has 0 amide bonds. The number of nitrogens with two attached hydrogens (primary N) is 1. The summed E-state index contributed by atoms with van der Waals surface area (Å²) in [5.74, 6) is 0.418. The normalized spacial score (nSPS) is 13.1. The van der Waals surface area contributed by atoms with E-state index in [4.69, 9.17) is 18.0 Å². The van der Waals surface area contributed by atoms with Crippen LogP contribution in [0, 0.1) is 0 Å². The molecule has 1 aromatic carbocycles. The summed E-state index contributed by atoms with van der Waals surface area (Å²) in [7, 11) is -3.77. The van der Waals surface area contributed by atoms with E-state index in [1.807, 2.05) is 0 Å². The molecule has 2 rings (SSSR count). The van der Waals surface area contributed by atoms with Crippen molar-refractivity contribution in [2.75, 3.05) is 0 Å². The first-order valence-electron chi connectivity index (χ1n) is 5.68. The second-order valence-corrected chi connectivity index (χ2v) is 6.20. The van der Waals surface area contributed by atoms with Gasteiger partial charge in [0.2, 0.25) is 10.0 Å². The van der Waals surface area contributed by atoms with Crippen LogP contribution in [0.15, 0.2) is 35.5 Å². The monoisotopic (exact) mass is 311 g/mol. The van der Waals surface area contributed by atoms with Crippen molar-refractivity contribution in [2.45, 2.75) is 17.9 Å². The van der Waals surface area contributed by atoms with Crippen LogP contribution in [-0.2, 0) is 10.0 Å². The van der Waals surface area contributed by atoms with E-state index in [1.165, 1.54) is 12.4 Å². The Morgan fingerprint density at radius 1 is 1.45 bits per heavy atom. The van der Waals surface area contributed by atoms with Gasteiger partial charge in [0.05, 0.1) is 10.9 Å². The Kier molecular flexibility index (Phi) is 4.12. The molecule has 20 heavy (non-hydrogen) atoms. The Morgan fingerprint density at radius 2 is 2.15 bits per heavy atom. The molecule has 0 saturated carbocycles.